The second-order valence-electron chi connectivity index (χ2n) is 13.6. The van der Waals surface area contributed by atoms with E-state index in [1.807, 2.05) is 0 Å². The van der Waals surface area contributed by atoms with E-state index < -0.39 is 32.5 Å². The van der Waals surface area contributed by atoms with Gasteiger partial charge in [0.15, 0.2) is 6.10 Å². The molecule has 0 spiro atoms. The summed E-state index contributed by atoms with van der Waals surface area (Å²) in [4.78, 5) is 42.7. The van der Waals surface area contributed by atoms with Gasteiger partial charge in [-0.1, -0.05) is 172 Å². The standard InChI is InChI=1S/C41H75O8P/c1-3-5-7-9-11-13-15-17-18-19-20-21-22-24-25-27-29-31-33-35-40(42)47-37-39(38-48-50(44,45)46)49-41(43)36-34-32-30-28-26-23-16-14-12-10-8-6-4-2/h6,8,12,14,23,26,39H,3-5,7,9-11,13,15-22,24-25,27-38H2,1-2H3,(H2,44,45,46)/b8-6-,14-12-,26-23-. The highest BCUT2D eigenvalue weighted by Crippen LogP contribution is 2.36. The fourth-order valence-electron chi connectivity index (χ4n) is 5.68. The van der Waals surface area contributed by atoms with Gasteiger partial charge in [0, 0.05) is 12.8 Å². The number of carbonyl (C=O) groups is 2. The van der Waals surface area contributed by atoms with Gasteiger partial charge in [0.25, 0.3) is 0 Å². The van der Waals surface area contributed by atoms with Crippen molar-refractivity contribution in [2.45, 2.75) is 200 Å². The van der Waals surface area contributed by atoms with Crippen LogP contribution in [0.5, 0.6) is 0 Å². The SMILES string of the molecule is CC/C=C\C/C=C\C/C=C\CCCCCC(=O)OC(COC(=O)CCCCCCCCCCCCCCCCCCCCC)COP(=O)(O)O. The predicted molar refractivity (Wildman–Crippen MR) is 207 cm³/mol. The number of esters is 2. The van der Waals surface area contributed by atoms with E-state index in [1.54, 1.807) is 0 Å². The minimum Gasteiger partial charge on any atom is -0.462 e. The summed E-state index contributed by atoms with van der Waals surface area (Å²) in [6, 6.07) is 0. The van der Waals surface area contributed by atoms with Crippen molar-refractivity contribution in [3.05, 3.63) is 36.5 Å². The molecule has 292 valence electrons. The number of rotatable bonds is 37. The molecule has 0 bridgehead atoms. The molecule has 0 aliphatic rings. The Hall–Kier alpha value is -1.73. The highest BCUT2D eigenvalue weighted by Gasteiger charge is 2.22. The number of phosphoric ester groups is 1. The van der Waals surface area contributed by atoms with Gasteiger partial charge < -0.3 is 19.3 Å². The predicted octanol–water partition coefficient (Wildman–Crippen LogP) is 12.2. The third kappa shape index (κ3) is 39.1. The molecule has 9 heteroatoms. The van der Waals surface area contributed by atoms with E-state index in [1.165, 1.54) is 103 Å². The Balaban J connectivity index is 3.90. The van der Waals surface area contributed by atoms with Crippen LogP contribution in [0.1, 0.15) is 194 Å². The highest BCUT2D eigenvalue weighted by atomic mass is 31.2. The summed E-state index contributed by atoms with van der Waals surface area (Å²) in [6.07, 6.45) is 43.0. The molecule has 0 aromatic rings. The van der Waals surface area contributed by atoms with Gasteiger partial charge in [-0.3, -0.25) is 14.1 Å². The first-order valence-electron chi connectivity index (χ1n) is 20.3. The lowest BCUT2D eigenvalue weighted by molar-refractivity contribution is -0.161. The van der Waals surface area contributed by atoms with Gasteiger partial charge in [0.2, 0.25) is 0 Å². The Morgan fingerprint density at radius 3 is 1.44 bits per heavy atom. The molecule has 1 unspecified atom stereocenters. The highest BCUT2D eigenvalue weighted by molar-refractivity contribution is 7.46. The Kier molecular flexibility index (Phi) is 35.8. The number of ether oxygens (including phenoxy) is 2. The molecule has 0 fully saturated rings. The van der Waals surface area contributed by atoms with Gasteiger partial charge in [-0.15, -0.1) is 0 Å². The molecule has 0 rings (SSSR count). The summed E-state index contributed by atoms with van der Waals surface area (Å²) >= 11 is 0. The summed E-state index contributed by atoms with van der Waals surface area (Å²) in [5, 5.41) is 0. The smallest absolute Gasteiger partial charge is 0.462 e. The first-order chi connectivity index (χ1) is 24.3. The minimum absolute atomic E-state index is 0.178. The molecule has 1 atom stereocenters. The third-order valence-electron chi connectivity index (χ3n) is 8.67. The number of unbranched alkanes of at least 4 members (excludes halogenated alkanes) is 21. The quantitative estimate of drug-likeness (QED) is 0.0281. The molecule has 8 nitrogen and oxygen atoms in total. The maximum atomic E-state index is 12.3. The molecule has 2 N–H and O–H groups in total. The average Bonchev–Trinajstić information content (AvgIpc) is 3.08. The first-order valence-corrected chi connectivity index (χ1v) is 21.8. The number of carbonyl (C=O) groups excluding carboxylic acids is 2. The molecule has 0 aromatic carbocycles. The van der Waals surface area contributed by atoms with Crippen molar-refractivity contribution in [1.82, 2.24) is 0 Å². The van der Waals surface area contributed by atoms with Crippen LogP contribution < -0.4 is 0 Å². The summed E-state index contributed by atoms with van der Waals surface area (Å²) in [7, 11) is -4.76. The topological polar surface area (TPSA) is 119 Å². The molecule has 0 aliphatic carbocycles. The molecule has 0 saturated heterocycles. The zero-order valence-corrected chi connectivity index (χ0v) is 32.9. The van der Waals surface area contributed by atoms with Crippen molar-refractivity contribution in [2.24, 2.45) is 0 Å². The largest absolute Gasteiger partial charge is 0.469 e. The van der Waals surface area contributed by atoms with Crippen LogP contribution in [-0.4, -0.2) is 41.0 Å². The van der Waals surface area contributed by atoms with Crippen molar-refractivity contribution in [2.75, 3.05) is 13.2 Å². The number of hydrogen-bond acceptors (Lipinski definition) is 6. The van der Waals surface area contributed by atoms with Crippen LogP contribution in [0, 0.1) is 0 Å². The maximum Gasteiger partial charge on any atom is 0.469 e. The molecule has 0 saturated carbocycles. The molecule has 0 amide bonds. The van der Waals surface area contributed by atoms with Crippen LogP contribution in [-0.2, 0) is 28.2 Å². The van der Waals surface area contributed by atoms with Crippen LogP contribution in [0.2, 0.25) is 0 Å². The maximum absolute atomic E-state index is 12.3. The van der Waals surface area contributed by atoms with Crippen molar-refractivity contribution in [1.29, 1.82) is 0 Å². The van der Waals surface area contributed by atoms with Crippen LogP contribution in [0.15, 0.2) is 36.5 Å². The number of phosphoric acid groups is 1. The van der Waals surface area contributed by atoms with E-state index in [4.69, 9.17) is 19.3 Å². The third-order valence-corrected chi connectivity index (χ3v) is 9.16. The van der Waals surface area contributed by atoms with E-state index in [2.05, 4.69) is 54.8 Å². The van der Waals surface area contributed by atoms with Crippen molar-refractivity contribution < 1.29 is 37.9 Å². The van der Waals surface area contributed by atoms with Crippen LogP contribution in [0.4, 0.5) is 0 Å². The van der Waals surface area contributed by atoms with Crippen molar-refractivity contribution in [3.63, 3.8) is 0 Å². The minimum atomic E-state index is -4.76. The summed E-state index contributed by atoms with van der Waals surface area (Å²) < 4.78 is 26.3. The lowest BCUT2D eigenvalue weighted by atomic mass is 10.0. The monoisotopic (exact) mass is 727 g/mol. The van der Waals surface area contributed by atoms with Crippen molar-refractivity contribution >= 4 is 19.8 Å². The van der Waals surface area contributed by atoms with Crippen LogP contribution in [0.3, 0.4) is 0 Å². The second kappa shape index (κ2) is 37.0. The van der Waals surface area contributed by atoms with Gasteiger partial charge in [-0.2, -0.15) is 0 Å². The van der Waals surface area contributed by atoms with E-state index >= 15 is 0 Å². The van der Waals surface area contributed by atoms with Crippen LogP contribution >= 0.6 is 7.82 Å². The normalized spacial score (nSPS) is 12.8. The van der Waals surface area contributed by atoms with Gasteiger partial charge >= 0.3 is 19.8 Å². The number of hydrogen-bond donors (Lipinski definition) is 2. The van der Waals surface area contributed by atoms with Crippen LogP contribution in [0.25, 0.3) is 0 Å². The van der Waals surface area contributed by atoms with E-state index in [0.717, 1.165) is 57.8 Å². The molecule has 50 heavy (non-hydrogen) atoms. The zero-order valence-electron chi connectivity index (χ0n) is 32.0. The Labute approximate surface area is 306 Å². The Bertz CT molecular complexity index is 910. The molecule has 0 aromatic heterocycles. The lowest BCUT2D eigenvalue weighted by Gasteiger charge is -2.18. The summed E-state index contributed by atoms with van der Waals surface area (Å²) in [5.74, 6) is -0.914. The first kappa shape index (κ1) is 48.3. The van der Waals surface area contributed by atoms with E-state index in [9.17, 15) is 14.2 Å². The average molecular weight is 727 g/mol. The second-order valence-corrected chi connectivity index (χ2v) is 14.8. The zero-order chi connectivity index (χ0) is 36.8. The molecule has 0 aliphatic heterocycles. The van der Waals surface area contributed by atoms with E-state index in [0.29, 0.717) is 6.42 Å². The van der Waals surface area contributed by atoms with Gasteiger partial charge in [0.05, 0.1) is 6.61 Å². The van der Waals surface area contributed by atoms with Gasteiger partial charge in [-0.05, 0) is 44.9 Å². The summed E-state index contributed by atoms with van der Waals surface area (Å²) in [5.41, 5.74) is 0. The lowest BCUT2D eigenvalue weighted by Crippen LogP contribution is -2.29. The van der Waals surface area contributed by atoms with E-state index in [-0.39, 0.29) is 19.4 Å². The fraction of sp³-hybridized carbons (Fsp3) is 0.805. The number of allylic oxidation sites excluding steroid dienone is 6. The molecule has 0 radical (unpaired) electrons. The molecular formula is C41H75O8P. The Morgan fingerprint density at radius 1 is 0.540 bits per heavy atom. The van der Waals surface area contributed by atoms with Crippen molar-refractivity contribution in [3.8, 4) is 0 Å². The van der Waals surface area contributed by atoms with Gasteiger partial charge in [0.1, 0.15) is 6.61 Å². The fourth-order valence-corrected chi connectivity index (χ4v) is 6.04. The molecular weight excluding hydrogens is 651 g/mol. The molecule has 0 heterocycles. The van der Waals surface area contributed by atoms with Gasteiger partial charge in [-0.25, -0.2) is 4.57 Å². The Morgan fingerprint density at radius 2 is 0.960 bits per heavy atom. The summed E-state index contributed by atoms with van der Waals surface area (Å²) in [6.45, 7) is 3.55.